The molecule has 2 aliphatic heterocycles. The lowest BCUT2D eigenvalue weighted by Gasteiger charge is -2.26. The third kappa shape index (κ3) is 5.79. The van der Waals surface area contributed by atoms with Crippen LogP contribution in [-0.2, 0) is 14.3 Å². The molecule has 0 bridgehead atoms. The number of furan rings is 1. The van der Waals surface area contributed by atoms with Crippen LogP contribution in [0.25, 0.3) is 11.8 Å². The Morgan fingerprint density at radius 3 is 2.53 bits per heavy atom. The number of morpholine rings is 1. The number of aromatic nitrogens is 1. The van der Waals surface area contributed by atoms with E-state index in [-0.39, 0.29) is 12.2 Å². The van der Waals surface area contributed by atoms with Crippen LogP contribution in [0.5, 0.6) is 0 Å². The Morgan fingerprint density at radius 2 is 1.86 bits per heavy atom. The minimum Gasteiger partial charge on any atom is -0.463 e. The van der Waals surface area contributed by atoms with Crippen LogP contribution in [0.4, 0.5) is 5.88 Å². The van der Waals surface area contributed by atoms with Crippen molar-refractivity contribution in [2.75, 3.05) is 37.8 Å². The molecule has 1 atom stereocenters. The summed E-state index contributed by atoms with van der Waals surface area (Å²) in [6, 6.07) is 18.8. The van der Waals surface area contributed by atoms with Crippen LogP contribution < -0.4 is 19.8 Å². The van der Waals surface area contributed by atoms with E-state index in [2.05, 4.69) is 34.7 Å². The largest absolute Gasteiger partial charge is 0.463 e. The van der Waals surface area contributed by atoms with Gasteiger partial charge in [0.05, 0.1) is 46.1 Å². The highest BCUT2D eigenvalue weighted by Gasteiger charge is 2.35. The molecule has 4 aromatic rings. The average molecular weight is 663 g/mol. The van der Waals surface area contributed by atoms with Gasteiger partial charge in [0.25, 0.3) is 5.56 Å². The van der Waals surface area contributed by atoms with Crippen molar-refractivity contribution < 1.29 is 18.7 Å². The molecule has 222 valence electrons. The van der Waals surface area contributed by atoms with Crippen molar-refractivity contribution >= 4 is 50.9 Å². The SMILES string of the molecule is CCOC(=O)C1=C(c2ccccc2)N=c2sc(=Cc3cc(Br)c(N4CCOCC4)o3)c(=O)n2[C@@H]1c1ccc(C(C)C)cc1. The highest BCUT2D eigenvalue weighted by atomic mass is 79.9. The van der Waals surface area contributed by atoms with Gasteiger partial charge in [-0.15, -0.1) is 0 Å². The van der Waals surface area contributed by atoms with Crippen LogP contribution in [0.1, 0.15) is 55.2 Å². The van der Waals surface area contributed by atoms with Crippen molar-refractivity contribution in [1.82, 2.24) is 4.57 Å². The zero-order valence-electron chi connectivity index (χ0n) is 24.2. The molecule has 0 radical (unpaired) electrons. The fourth-order valence-electron chi connectivity index (χ4n) is 5.38. The third-order valence-electron chi connectivity index (χ3n) is 7.55. The Bertz CT molecular complexity index is 1850. The molecule has 1 saturated heterocycles. The first-order chi connectivity index (χ1) is 20.9. The smallest absolute Gasteiger partial charge is 0.338 e. The van der Waals surface area contributed by atoms with Gasteiger partial charge in [0.1, 0.15) is 5.76 Å². The molecule has 4 heterocycles. The topological polar surface area (TPSA) is 86.3 Å². The zero-order chi connectivity index (χ0) is 30.1. The summed E-state index contributed by atoms with van der Waals surface area (Å²) in [7, 11) is 0. The van der Waals surface area contributed by atoms with Crippen molar-refractivity contribution in [1.29, 1.82) is 0 Å². The van der Waals surface area contributed by atoms with E-state index in [9.17, 15) is 9.59 Å². The molecule has 0 aliphatic carbocycles. The van der Waals surface area contributed by atoms with Crippen molar-refractivity contribution in [3.63, 3.8) is 0 Å². The Labute approximate surface area is 261 Å². The van der Waals surface area contributed by atoms with Crippen LogP contribution in [0, 0.1) is 0 Å². The predicted octanol–water partition coefficient (Wildman–Crippen LogP) is 5.25. The van der Waals surface area contributed by atoms with Gasteiger partial charge in [-0.05, 0) is 39.9 Å². The van der Waals surface area contributed by atoms with E-state index in [1.54, 1.807) is 17.6 Å². The van der Waals surface area contributed by atoms with E-state index in [1.165, 1.54) is 16.9 Å². The monoisotopic (exact) mass is 661 g/mol. The molecular weight excluding hydrogens is 630 g/mol. The number of thiazole rings is 1. The average Bonchev–Trinajstić information content (AvgIpc) is 3.55. The number of esters is 1. The molecule has 0 unspecified atom stereocenters. The maximum atomic E-state index is 14.2. The van der Waals surface area contributed by atoms with Gasteiger partial charge in [0, 0.05) is 30.8 Å². The molecule has 0 saturated carbocycles. The lowest BCUT2D eigenvalue weighted by atomic mass is 9.91. The molecule has 0 N–H and O–H groups in total. The maximum absolute atomic E-state index is 14.2. The number of ether oxygens (including phenoxy) is 2. The number of carbonyl (C=O) groups is 1. The summed E-state index contributed by atoms with van der Waals surface area (Å²) in [5, 5.41) is 0. The van der Waals surface area contributed by atoms with Crippen molar-refractivity contribution in [2.24, 2.45) is 4.99 Å². The normalized spacial score (nSPS) is 17.3. The van der Waals surface area contributed by atoms with Crippen molar-refractivity contribution in [3.8, 4) is 0 Å². The second kappa shape index (κ2) is 12.5. The molecule has 2 aromatic carbocycles. The molecule has 1 fully saturated rings. The molecule has 0 amide bonds. The summed E-state index contributed by atoms with van der Waals surface area (Å²) in [5.41, 5.74) is 3.33. The number of carbonyl (C=O) groups excluding carboxylic acids is 1. The summed E-state index contributed by atoms with van der Waals surface area (Å²) >= 11 is 4.89. The highest BCUT2D eigenvalue weighted by molar-refractivity contribution is 9.10. The standard InChI is InChI=1S/C33H32BrN3O5S/c1-4-41-32(39)27-28(22-8-6-5-7-9-22)35-33-37(29(27)23-12-10-21(11-13-23)20(2)3)30(38)26(43-33)19-24-18-25(34)31(42-24)36-14-16-40-17-15-36/h5-13,18-20,29H,4,14-17H2,1-3H3/t29-/m1/s1. The van der Waals surface area contributed by atoms with E-state index in [1.807, 2.05) is 60.7 Å². The first kappa shape index (κ1) is 29.3. The van der Waals surface area contributed by atoms with E-state index in [0.29, 0.717) is 51.4 Å². The maximum Gasteiger partial charge on any atom is 0.338 e. The molecule has 2 aromatic heterocycles. The number of benzene rings is 2. The van der Waals surface area contributed by atoms with Gasteiger partial charge in [-0.25, -0.2) is 9.79 Å². The highest BCUT2D eigenvalue weighted by Crippen LogP contribution is 2.36. The Balaban J connectivity index is 1.55. The second-order valence-corrected chi connectivity index (χ2v) is 12.5. The molecule has 10 heteroatoms. The predicted molar refractivity (Wildman–Crippen MR) is 171 cm³/mol. The number of hydrogen-bond acceptors (Lipinski definition) is 8. The molecule has 8 nitrogen and oxygen atoms in total. The van der Waals surface area contributed by atoms with Crippen LogP contribution in [0.2, 0.25) is 0 Å². The molecule has 0 spiro atoms. The first-order valence-corrected chi connectivity index (χ1v) is 16.0. The quantitative estimate of drug-likeness (QED) is 0.252. The lowest BCUT2D eigenvalue weighted by molar-refractivity contribution is -0.138. The van der Waals surface area contributed by atoms with Crippen LogP contribution in [0.3, 0.4) is 0 Å². The van der Waals surface area contributed by atoms with Crippen molar-refractivity contribution in [2.45, 2.75) is 32.7 Å². The number of halogens is 1. The van der Waals surface area contributed by atoms with Gasteiger partial charge in [-0.3, -0.25) is 9.36 Å². The number of anilines is 1. The number of hydrogen-bond donors (Lipinski definition) is 0. The van der Waals surface area contributed by atoms with E-state index < -0.39 is 12.0 Å². The fraction of sp³-hybridized carbons (Fsp3) is 0.303. The van der Waals surface area contributed by atoms with E-state index in [4.69, 9.17) is 18.9 Å². The first-order valence-electron chi connectivity index (χ1n) is 14.4. The molecular formula is C33H32BrN3O5S. The summed E-state index contributed by atoms with van der Waals surface area (Å²) in [6.07, 6.45) is 1.74. The molecule has 43 heavy (non-hydrogen) atoms. The fourth-order valence-corrected chi connectivity index (χ4v) is 6.92. The van der Waals surface area contributed by atoms with Gasteiger partial charge in [-0.2, -0.15) is 0 Å². The van der Waals surface area contributed by atoms with Gasteiger partial charge in [0.2, 0.25) is 5.88 Å². The number of fused-ring (bicyclic) bond motifs is 1. The van der Waals surface area contributed by atoms with Crippen molar-refractivity contribution in [3.05, 3.63) is 113 Å². The van der Waals surface area contributed by atoms with Gasteiger partial charge in [-0.1, -0.05) is 79.8 Å². The number of rotatable bonds is 7. The van der Waals surface area contributed by atoms with Gasteiger partial charge in [0.15, 0.2) is 4.80 Å². The summed E-state index contributed by atoms with van der Waals surface area (Å²) < 4.78 is 20.1. The third-order valence-corrected chi connectivity index (χ3v) is 9.10. The zero-order valence-corrected chi connectivity index (χ0v) is 26.6. The molecule has 2 aliphatic rings. The van der Waals surface area contributed by atoms with Gasteiger partial charge >= 0.3 is 5.97 Å². The Kier molecular flexibility index (Phi) is 8.52. The van der Waals surface area contributed by atoms with Gasteiger partial charge < -0.3 is 18.8 Å². The van der Waals surface area contributed by atoms with Crippen LogP contribution in [0.15, 0.2) is 84.9 Å². The number of nitrogens with zero attached hydrogens (tertiary/aromatic N) is 3. The Morgan fingerprint density at radius 1 is 1.14 bits per heavy atom. The van der Waals surface area contributed by atoms with Crippen LogP contribution in [-0.4, -0.2) is 43.4 Å². The van der Waals surface area contributed by atoms with E-state index in [0.717, 1.165) is 28.7 Å². The summed E-state index contributed by atoms with van der Waals surface area (Å²) in [4.78, 5) is 35.4. The Hall–Kier alpha value is -3.73. The van der Waals surface area contributed by atoms with E-state index >= 15 is 0 Å². The minimum atomic E-state index is -0.721. The summed E-state index contributed by atoms with van der Waals surface area (Å²) in [5.74, 6) is 1.10. The van der Waals surface area contributed by atoms with Crippen LogP contribution >= 0.6 is 27.3 Å². The summed E-state index contributed by atoms with van der Waals surface area (Å²) in [6.45, 7) is 8.95. The molecule has 6 rings (SSSR count). The minimum absolute atomic E-state index is 0.201. The second-order valence-electron chi connectivity index (χ2n) is 10.7. The lowest BCUT2D eigenvalue weighted by Crippen LogP contribution is -2.40.